The molecule has 1 fully saturated rings. The van der Waals surface area contributed by atoms with Crippen molar-refractivity contribution < 1.29 is 14.1 Å². The molecule has 1 aliphatic rings. The Hall–Kier alpha value is -2.84. The quantitative estimate of drug-likeness (QED) is 0.375. The third-order valence-electron chi connectivity index (χ3n) is 5.49. The number of hydrogen-bond acceptors (Lipinski definition) is 5. The number of carbonyl (C=O) groups excluding carboxylic acids is 1. The predicted molar refractivity (Wildman–Crippen MR) is 118 cm³/mol. The van der Waals surface area contributed by atoms with Crippen molar-refractivity contribution in [3.63, 3.8) is 0 Å². The highest BCUT2D eigenvalue weighted by Crippen LogP contribution is 2.35. The van der Waals surface area contributed by atoms with Gasteiger partial charge in [-0.1, -0.05) is 29.8 Å². The molecule has 2 aromatic carbocycles. The number of nitro groups is 1. The van der Waals surface area contributed by atoms with E-state index in [2.05, 4.69) is 4.98 Å². The van der Waals surface area contributed by atoms with Crippen LogP contribution in [0.25, 0.3) is 11.3 Å². The second-order valence-corrected chi connectivity index (χ2v) is 8.67. The highest BCUT2D eigenvalue weighted by molar-refractivity contribution is 7.10. The van der Waals surface area contributed by atoms with Gasteiger partial charge < -0.3 is 4.90 Å². The molecule has 31 heavy (non-hydrogen) atoms. The molecule has 0 atom stereocenters. The fourth-order valence-corrected chi connectivity index (χ4v) is 5.01. The highest BCUT2D eigenvalue weighted by Gasteiger charge is 2.27. The average Bonchev–Trinajstić information content (AvgIpc) is 3.26. The Morgan fingerprint density at radius 2 is 1.97 bits per heavy atom. The summed E-state index contributed by atoms with van der Waals surface area (Å²) >= 11 is 7.52. The molecule has 0 bridgehead atoms. The second kappa shape index (κ2) is 9.11. The fraction of sp³-hybridized carbons (Fsp3) is 0.273. The predicted octanol–water partition coefficient (Wildman–Crippen LogP) is 5.46. The van der Waals surface area contributed by atoms with E-state index in [1.165, 1.54) is 29.5 Å². The number of likely N-dealkylation sites (tertiary alicyclic amines) is 1. The van der Waals surface area contributed by atoms with Crippen LogP contribution in [0.1, 0.15) is 29.3 Å². The van der Waals surface area contributed by atoms with E-state index in [1.54, 1.807) is 29.2 Å². The lowest BCUT2D eigenvalue weighted by Crippen LogP contribution is -2.38. The molecule has 1 amide bonds. The van der Waals surface area contributed by atoms with Gasteiger partial charge in [0.1, 0.15) is 5.82 Å². The van der Waals surface area contributed by atoms with E-state index in [-0.39, 0.29) is 34.5 Å². The summed E-state index contributed by atoms with van der Waals surface area (Å²) in [5, 5.41) is 14.3. The van der Waals surface area contributed by atoms with Gasteiger partial charge in [0.2, 0.25) is 5.91 Å². The average molecular weight is 460 g/mol. The van der Waals surface area contributed by atoms with E-state index in [0.29, 0.717) is 24.3 Å². The van der Waals surface area contributed by atoms with Gasteiger partial charge in [0.05, 0.1) is 27.6 Å². The highest BCUT2D eigenvalue weighted by atomic mass is 35.5. The first-order valence-electron chi connectivity index (χ1n) is 9.84. The summed E-state index contributed by atoms with van der Waals surface area (Å²) in [4.78, 5) is 29.9. The van der Waals surface area contributed by atoms with Crippen molar-refractivity contribution in [2.45, 2.75) is 25.2 Å². The number of piperidine rings is 1. The van der Waals surface area contributed by atoms with Gasteiger partial charge in [-0.25, -0.2) is 9.37 Å². The van der Waals surface area contributed by atoms with Crippen LogP contribution in [0.5, 0.6) is 0 Å². The lowest BCUT2D eigenvalue weighted by Gasteiger charge is -2.31. The van der Waals surface area contributed by atoms with E-state index in [1.807, 2.05) is 5.38 Å². The molecule has 0 unspecified atom stereocenters. The van der Waals surface area contributed by atoms with Crippen LogP contribution in [-0.4, -0.2) is 33.8 Å². The van der Waals surface area contributed by atoms with Crippen LogP contribution >= 0.6 is 22.9 Å². The maximum Gasteiger partial charge on any atom is 0.278 e. The molecule has 1 saturated heterocycles. The fourth-order valence-electron chi connectivity index (χ4n) is 3.79. The van der Waals surface area contributed by atoms with Crippen LogP contribution in [0.4, 0.5) is 10.1 Å². The Balaban J connectivity index is 1.41. The van der Waals surface area contributed by atoms with Crippen LogP contribution in [-0.2, 0) is 11.2 Å². The van der Waals surface area contributed by atoms with Gasteiger partial charge in [-0.15, -0.1) is 11.3 Å². The summed E-state index contributed by atoms with van der Waals surface area (Å²) in [7, 11) is 0. The molecule has 1 aliphatic heterocycles. The lowest BCUT2D eigenvalue weighted by atomic mass is 9.97. The zero-order valence-electron chi connectivity index (χ0n) is 16.5. The number of benzene rings is 2. The third kappa shape index (κ3) is 4.60. The molecular weight excluding hydrogens is 441 g/mol. The molecule has 1 aromatic heterocycles. The van der Waals surface area contributed by atoms with Crippen molar-refractivity contribution >= 4 is 34.5 Å². The molecule has 4 rings (SSSR count). The summed E-state index contributed by atoms with van der Waals surface area (Å²) in [6.45, 7) is 1.10. The van der Waals surface area contributed by atoms with Crippen LogP contribution in [0.15, 0.2) is 47.8 Å². The number of thiazole rings is 1. The van der Waals surface area contributed by atoms with E-state index >= 15 is 0 Å². The number of hydrogen-bond donors (Lipinski definition) is 0. The minimum Gasteiger partial charge on any atom is -0.342 e. The number of amides is 1. The van der Waals surface area contributed by atoms with E-state index < -0.39 is 10.7 Å². The van der Waals surface area contributed by atoms with Crippen LogP contribution in [0, 0.1) is 15.9 Å². The summed E-state index contributed by atoms with van der Waals surface area (Å²) in [6, 6.07) is 11.0. The number of carbonyl (C=O) groups is 1. The van der Waals surface area contributed by atoms with Gasteiger partial charge in [0.25, 0.3) is 5.69 Å². The standard InChI is InChI=1S/C22H19ClFN3O3S/c23-17-5-3-6-18(24)16(17)12-21(28)26-10-8-14(9-11-26)22-25-19(13-31-22)15-4-1-2-7-20(15)27(29)30/h1-7,13-14H,8-12H2. The molecule has 9 heteroatoms. The maximum atomic E-state index is 14.0. The zero-order chi connectivity index (χ0) is 22.0. The summed E-state index contributed by atoms with van der Waals surface area (Å²) in [6.07, 6.45) is 1.41. The van der Waals surface area contributed by atoms with E-state index in [0.717, 1.165) is 17.8 Å². The summed E-state index contributed by atoms with van der Waals surface area (Å²) in [5.74, 6) is -0.436. The number of halogens is 2. The molecule has 0 aliphatic carbocycles. The molecule has 0 N–H and O–H groups in total. The van der Waals surface area contributed by atoms with Crippen LogP contribution < -0.4 is 0 Å². The van der Waals surface area contributed by atoms with Gasteiger partial charge in [-0.05, 0) is 31.0 Å². The molecule has 160 valence electrons. The van der Waals surface area contributed by atoms with Crippen molar-refractivity contribution in [3.8, 4) is 11.3 Å². The lowest BCUT2D eigenvalue weighted by molar-refractivity contribution is -0.384. The molecule has 3 aromatic rings. The minimum absolute atomic E-state index is 0.0339. The zero-order valence-corrected chi connectivity index (χ0v) is 18.0. The van der Waals surface area contributed by atoms with Gasteiger partial charge in [0, 0.05) is 41.0 Å². The number of aromatic nitrogens is 1. The summed E-state index contributed by atoms with van der Waals surface area (Å²) in [5.41, 5.74) is 1.36. The van der Waals surface area contributed by atoms with E-state index in [4.69, 9.17) is 11.6 Å². The monoisotopic (exact) mass is 459 g/mol. The SMILES string of the molecule is O=C(Cc1c(F)cccc1Cl)N1CCC(c2nc(-c3ccccc3[N+](=O)[O-])cs2)CC1. The number of rotatable bonds is 5. The van der Waals surface area contributed by atoms with Crippen LogP contribution in [0.2, 0.25) is 5.02 Å². The second-order valence-electron chi connectivity index (χ2n) is 7.38. The normalized spacial score (nSPS) is 14.6. The Labute approximate surface area is 187 Å². The van der Waals surface area contributed by atoms with Crippen molar-refractivity contribution in [2.24, 2.45) is 0 Å². The molecular formula is C22H19ClFN3O3S. The third-order valence-corrected chi connectivity index (χ3v) is 6.85. The first-order valence-corrected chi connectivity index (χ1v) is 11.1. The molecule has 2 heterocycles. The largest absolute Gasteiger partial charge is 0.342 e. The Morgan fingerprint density at radius 3 is 2.68 bits per heavy atom. The van der Waals surface area contributed by atoms with Crippen molar-refractivity contribution in [1.82, 2.24) is 9.88 Å². The van der Waals surface area contributed by atoms with Gasteiger partial charge in [-0.2, -0.15) is 0 Å². The maximum absolute atomic E-state index is 14.0. The van der Waals surface area contributed by atoms with Crippen LogP contribution in [0.3, 0.4) is 0 Å². The van der Waals surface area contributed by atoms with Crippen molar-refractivity contribution in [3.05, 3.63) is 79.4 Å². The molecule has 0 saturated carbocycles. The Morgan fingerprint density at radius 1 is 1.23 bits per heavy atom. The van der Waals surface area contributed by atoms with Gasteiger partial charge in [0.15, 0.2) is 0 Å². The first-order chi connectivity index (χ1) is 14.9. The molecule has 6 nitrogen and oxygen atoms in total. The minimum atomic E-state index is -0.471. The number of para-hydroxylation sites is 1. The molecule has 0 spiro atoms. The Kier molecular flexibility index (Phi) is 6.29. The number of nitrogens with zero attached hydrogens (tertiary/aromatic N) is 3. The van der Waals surface area contributed by atoms with Gasteiger partial charge in [-0.3, -0.25) is 14.9 Å². The van der Waals surface area contributed by atoms with Gasteiger partial charge >= 0.3 is 0 Å². The van der Waals surface area contributed by atoms with E-state index in [9.17, 15) is 19.3 Å². The topological polar surface area (TPSA) is 76.3 Å². The smallest absolute Gasteiger partial charge is 0.278 e. The van der Waals surface area contributed by atoms with Crippen molar-refractivity contribution in [2.75, 3.05) is 13.1 Å². The van der Waals surface area contributed by atoms with Crippen molar-refractivity contribution in [1.29, 1.82) is 0 Å². The summed E-state index contributed by atoms with van der Waals surface area (Å²) < 4.78 is 14.0. The Bertz CT molecular complexity index is 1110. The first kappa shape index (κ1) is 21.4. The number of nitro benzene ring substituents is 1. The molecule has 0 radical (unpaired) electrons.